The van der Waals surface area contributed by atoms with Crippen LogP contribution >= 0.6 is 15.9 Å². The van der Waals surface area contributed by atoms with Crippen LogP contribution in [0.3, 0.4) is 0 Å². The number of hydrogen-bond acceptors (Lipinski definition) is 2. The van der Waals surface area contributed by atoms with Gasteiger partial charge in [-0.05, 0) is 6.42 Å². The first-order valence-corrected chi connectivity index (χ1v) is 4.97. The van der Waals surface area contributed by atoms with Gasteiger partial charge in [-0.25, -0.2) is 9.18 Å². The van der Waals surface area contributed by atoms with Crippen molar-refractivity contribution in [3.8, 4) is 0 Å². The van der Waals surface area contributed by atoms with Crippen LogP contribution in [-0.2, 0) is 4.74 Å². The number of alkyl halides is 2. The molecule has 0 heterocycles. The number of ether oxygens (including phenoxy) is 1. The van der Waals surface area contributed by atoms with Gasteiger partial charge in [0.15, 0.2) is 0 Å². The number of rotatable bonds is 5. The fourth-order valence-corrected chi connectivity index (χ4v) is 0.791. The van der Waals surface area contributed by atoms with Crippen molar-refractivity contribution in [2.24, 2.45) is 0 Å². The summed E-state index contributed by atoms with van der Waals surface area (Å²) in [5.41, 5.74) is 0. The van der Waals surface area contributed by atoms with Crippen LogP contribution in [0.25, 0.3) is 0 Å². The van der Waals surface area contributed by atoms with Crippen LogP contribution < -0.4 is 5.32 Å². The third kappa shape index (κ3) is 6.39. The van der Waals surface area contributed by atoms with E-state index in [1.54, 1.807) is 0 Å². The number of carbonyl (C=O) groups excluding carboxylic acids is 1. The molecule has 0 aliphatic heterocycles. The van der Waals surface area contributed by atoms with Gasteiger partial charge in [-0.2, -0.15) is 0 Å². The summed E-state index contributed by atoms with van der Waals surface area (Å²) in [4.78, 5) is 10.7. The zero-order chi connectivity index (χ0) is 9.40. The Labute approximate surface area is 79.8 Å². The van der Waals surface area contributed by atoms with Gasteiger partial charge in [-0.3, -0.25) is 0 Å². The quantitative estimate of drug-likeness (QED) is 0.750. The second kappa shape index (κ2) is 7.34. The maximum Gasteiger partial charge on any atom is 0.409 e. The van der Waals surface area contributed by atoms with Crippen molar-refractivity contribution in [1.82, 2.24) is 5.32 Å². The molecular weight excluding hydrogens is 229 g/mol. The molecule has 5 heteroatoms. The molecule has 0 aromatic heterocycles. The topological polar surface area (TPSA) is 38.3 Å². The molecule has 12 heavy (non-hydrogen) atoms. The molecule has 0 fully saturated rings. The lowest BCUT2D eigenvalue weighted by atomic mass is 10.3. The van der Waals surface area contributed by atoms with E-state index < -0.39 is 12.5 Å². The van der Waals surface area contributed by atoms with Crippen molar-refractivity contribution >= 4 is 22.0 Å². The lowest BCUT2D eigenvalue weighted by Crippen LogP contribution is -2.28. The number of hydrogen-bond donors (Lipinski definition) is 1. The summed E-state index contributed by atoms with van der Waals surface area (Å²) in [6.07, 6.45) is -1.27. The predicted molar refractivity (Wildman–Crippen MR) is 48.1 cm³/mol. The zero-order valence-corrected chi connectivity index (χ0v) is 8.56. The third-order valence-electron chi connectivity index (χ3n) is 1.11. The SMILES string of the molecule is CCCC(F)OC(=O)NCCBr. The minimum Gasteiger partial charge on any atom is -0.415 e. The second-order valence-electron chi connectivity index (χ2n) is 2.22. The molecule has 0 aromatic carbocycles. The van der Waals surface area contributed by atoms with Crippen LogP contribution in [0.4, 0.5) is 9.18 Å². The summed E-state index contributed by atoms with van der Waals surface area (Å²) < 4.78 is 16.9. The van der Waals surface area contributed by atoms with Gasteiger partial charge in [0.05, 0.1) is 0 Å². The van der Waals surface area contributed by atoms with Crippen LogP contribution in [0.5, 0.6) is 0 Å². The number of amides is 1. The predicted octanol–water partition coefficient (Wildman–Crippen LogP) is 2.20. The van der Waals surface area contributed by atoms with Gasteiger partial charge in [0, 0.05) is 18.3 Å². The Bertz CT molecular complexity index is 135. The first-order chi connectivity index (χ1) is 5.70. The summed E-state index contributed by atoms with van der Waals surface area (Å²) in [7, 11) is 0. The summed E-state index contributed by atoms with van der Waals surface area (Å²) in [6.45, 7) is 2.27. The van der Waals surface area contributed by atoms with E-state index in [0.29, 0.717) is 18.3 Å². The molecule has 0 aromatic rings. The van der Waals surface area contributed by atoms with Crippen LogP contribution in [0.15, 0.2) is 0 Å². The van der Waals surface area contributed by atoms with Crippen molar-refractivity contribution in [3.63, 3.8) is 0 Å². The molecule has 0 saturated heterocycles. The molecule has 0 radical (unpaired) electrons. The molecule has 1 N–H and O–H groups in total. The lowest BCUT2D eigenvalue weighted by molar-refractivity contribution is 0.00854. The Kier molecular flexibility index (Phi) is 7.14. The molecule has 0 bridgehead atoms. The smallest absolute Gasteiger partial charge is 0.409 e. The normalized spacial score (nSPS) is 12.2. The highest BCUT2D eigenvalue weighted by molar-refractivity contribution is 9.09. The Balaban J connectivity index is 3.40. The van der Waals surface area contributed by atoms with Gasteiger partial charge < -0.3 is 10.1 Å². The summed E-state index contributed by atoms with van der Waals surface area (Å²) in [5.74, 6) is 0. The first kappa shape index (κ1) is 11.7. The van der Waals surface area contributed by atoms with E-state index in [2.05, 4.69) is 26.0 Å². The average molecular weight is 242 g/mol. The monoisotopic (exact) mass is 241 g/mol. The summed E-state index contributed by atoms with van der Waals surface area (Å²) in [6, 6.07) is 0. The van der Waals surface area contributed by atoms with Crippen LogP contribution in [-0.4, -0.2) is 24.3 Å². The minimum atomic E-state index is -1.48. The Morgan fingerprint density at radius 1 is 1.75 bits per heavy atom. The fourth-order valence-electron chi connectivity index (χ4n) is 0.593. The van der Waals surface area contributed by atoms with Gasteiger partial charge in [0.1, 0.15) is 0 Å². The van der Waals surface area contributed by atoms with E-state index in [4.69, 9.17) is 0 Å². The molecular formula is C7H13BrFNO2. The third-order valence-corrected chi connectivity index (χ3v) is 1.51. The summed E-state index contributed by atoms with van der Waals surface area (Å²) in [5, 5.41) is 3.01. The maximum atomic E-state index is 12.6. The molecule has 0 aliphatic carbocycles. The highest BCUT2D eigenvalue weighted by atomic mass is 79.9. The average Bonchev–Trinajstić information content (AvgIpc) is 2.01. The minimum absolute atomic E-state index is 0.252. The molecule has 72 valence electrons. The standard InChI is InChI=1S/C7H13BrFNO2/c1-2-3-6(9)12-7(11)10-5-4-8/h6H,2-5H2,1H3,(H,10,11). The van der Waals surface area contributed by atoms with E-state index in [1.165, 1.54) is 0 Å². The number of carbonyl (C=O) groups is 1. The first-order valence-electron chi connectivity index (χ1n) is 3.85. The van der Waals surface area contributed by atoms with E-state index in [0.717, 1.165) is 0 Å². The van der Waals surface area contributed by atoms with Crippen LogP contribution in [0.2, 0.25) is 0 Å². The zero-order valence-electron chi connectivity index (χ0n) is 6.98. The largest absolute Gasteiger partial charge is 0.415 e. The van der Waals surface area contributed by atoms with Crippen molar-refractivity contribution in [1.29, 1.82) is 0 Å². The van der Waals surface area contributed by atoms with Crippen molar-refractivity contribution in [2.75, 3.05) is 11.9 Å². The van der Waals surface area contributed by atoms with Gasteiger partial charge in [0.25, 0.3) is 0 Å². The number of alkyl carbamates (subject to hydrolysis) is 1. The number of halogens is 2. The maximum absolute atomic E-state index is 12.6. The highest BCUT2D eigenvalue weighted by Crippen LogP contribution is 2.02. The van der Waals surface area contributed by atoms with Crippen molar-refractivity contribution in [2.45, 2.75) is 26.1 Å². The Morgan fingerprint density at radius 3 is 2.92 bits per heavy atom. The highest BCUT2D eigenvalue weighted by Gasteiger charge is 2.09. The van der Waals surface area contributed by atoms with Crippen molar-refractivity contribution < 1.29 is 13.9 Å². The van der Waals surface area contributed by atoms with Crippen LogP contribution in [0.1, 0.15) is 19.8 Å². The molecule has 1 unspecified atom stereocenters. The molecule has 0 spiro atoms. The van der Waals surface area contributed by atoms with Crippen molar-refractivity contribution in [3.05, 3.63) is 0 Å². The van der Waals surface area contributed by atoms with Gasteiger partial charge >= 0.3 is 6.09 Å². The number of nitrogens with one attached hydrogen (secondary N) is 1. The molecule has 0 rings (SSSR count). The Hall–Kier alpha value is -0.320. The van der Waals surface area contributed by atoms with Gasteiger partial charge in [0.2, 0.25) is 6.36 Å². The van der Waals surface area contributed by atoms with E-state index in [9.17, 15) is 9.18 Å². The van der Waals surface area contributed by atoms with E-state index >= 15 is 0 Å². The lowest BCUT2D eigenvalue weighted by Gasteiger charge is -2.08. The molecule has 1 atom stereocenters. The molecule has 3 nitrogen and oxygen atoms in total. The second-order valence-corrected chi connectivity index (χ2v) is 3.01. The fraction of sp³-hybridized carbons (Fsp3) is 0.857. The summed E-state index contributed by atoms with van der Waals surface area (Å²) >= 11 is 3.11. The Morgan fingerprint density at radius 2 is 2.42 bits per heavy atom. The van der Waals surface area contributed by atoms with E-state index in [-0.39, 0.29) is 6.42 Å². The van der Waals surface area contributed by atoms with Gasteiger partial charge in [-0.1, -0.05) is 22.9 Å². The van der Waals surface area contributed by atoms with Gasteiger partial charge in [-0.15, -0.1) is 0 Å². The van der Waals surface area contributed by atoms with E-state index in [1.807, 2.05) is 6.92 Å². The molecule has 1 amide bonds. The molecule has 0 aliphatic rings. The molecule has 0 saturated carbocycles. The van der Waals surface area contributed by atoms with Crippen LogP contribution in [0, 0.1) is 0 Å².